The Morgan fingerprint density at radius 3 is 2.21 bits per heavy atom. The zero-order chi connectivity index (χ0) is 16.7. The molecule has 4 aromatic rings. The van der Waals surface area contributed by atoms with Crippen LogP contribution in [0.3, 0.4) is 0 Å². The molecule has 4 rings (SSSR count). The van der Waals surface area contributed by atoms with Crippen molar-refractivity contribution in [1.82, 2.24) is 4.98 Å². The number of hydrogen-bond donors (Lipinski definition) is 0. The van der Waals surface area contributed by atoms with Crippen LogP contribution in [0.4, 0.5) is 0 Å². The molecule has 0 aliphatic heterocycles. The van der Waals surface area contributed by atoms with Crippen LogP contribution in [0, 0.1) is 0 Å². The van der Waals surface area contributed by atoms with Gasteiger partial charge in [0.25, 0.3) is 0 Å². The van der Waals surface area contributed by atoms with Crippen molar-refractivity contribution in [3.8, 4) is 11.3 Å². The number of fused-ring (bicyclic) bond motifs is 3. The lowest BCUT2D eigenvalue weighted by Crippen LogP contribution is -2.10. The molecule has 0 unspecified atom stereocenters. The van der Waals surface area contributed by atoms with Crippen LogP contribution < -0.4 is 0 Å². The summed E-state index contributed by atoms with van der Waals surface area (Å²) in [4.78, 5) is 4.64. The van der Waals surface area contributed by atoms with E-state index in [2.05, 4.69) is 86.4 Å². The Morgan fingerprint density at radius 2 is 1.46 bits per heavy atom. The predicted molar refractivity (Wildman–Crippen MR) is 103 cm³/mol. The summed E-state index contributed by atoms with van der Waals surface area (Å²) in [5.41, 5.74) is 3.74. The number of aromatic nitrogens is 1. The van der Waals surface area contributed by atoms with E-state index in [0.29, 0.717) is 0 Å². The summed E-state index contributed by atoms with van der Waals surface area (Å²) < 4.78 is 0. The number of benzene rings is 3. The molecular formula is C23H21N. The number of rotatable bonds is 1. The lowest BCUT2D eigenvalue weighted by Gasteiger charge is -2.20. The first kappa shape index (κ1) is 14.9. The zero-order valence-electron chi connectivity index (χ0n) is 14.4. The molecule has 0 aliphatic rings. The minimum atomic E-state index is 0.163. The third kappa shape index (κ3) is 2.46. The summed E-state index contributed by atoms with van der Waals surface area (Å²) in [5.74, 6) is 0. The molecule has 3 aromatic carbocycles. The van der Waals surface area contributed by atoms with Gasteiger partial charge >= 0.3 is 0 Å². The van der Waals surface area contributed by atoms with Crippen molar-refractivity contribution >= 4 is 21.5 Å². The summed E-state index contributed by atoms with van der Waals surface area (Å²) >= 11 is 0. The van der Waals surface area contributed by atoms with Gasteiger partial charge in [0.2, 0.25) is 0 Å². The maximum atomic E-state index is 4.64. The van der Waals surface area contributed by atoms with Crippen molar-refractivity contribution < 1.29 is 0 Å². The van der Waals surface area contributed by atoms with Gasteiger partial charge in [0.15, 0.2) is 0 Å². The Kier molecular flexibility index (Phi) is 3.38. The first-order valence-corrected chi connectivity index (χ1v) is 8.41. The number of nitrogens with zero attached hydrogens (tertiary/aromatic N) is 1. The van der Waals surface area contributed by atoms with Crippen molar-refractivity contribution in [3.63, 3.8) is 0 Å². The minimum Gasteiger partial charge on any atom is -0.256 e. The van der Waals surface area contributed by atoms with Crippen LogP contribution >= 0.6 is 0 Å². The summed E-state index contributed by atoms with van der Waals surface area (Å²) in [6, 6.07) is 23.8. The second-order valence-corrected chi connectivity index (χ2v) is 7.37. The smallest absolute Gasteiger partial charge is 0.0780 e. The van der Waals surface area contributed by atoms with Crippen LogP contribution in [0.2, 0.25) is 0 Å². The molecule has 0 atom stereocenters. The highest BCUT2D eigenvalue weighted by Crippen LogP contribution is 2.33. The minimum absolute atomic E-state index is 0.163. The van der Waals surface area contributed by atoms with E-state index in [4.69, 9.17) is 0 Å². The molecule has 0 amide bonds. The first-order valence-electron chi connectivity index (χ1n) is 8.41. The summed E-state index contributed by atoms with van der Waals surface area (Å²) in [5, 5.41) is 5.06. The predicted octanol–water partition coefficient (Wildman–Crippen LogP) is 6.35. The second-order valence-electron chi connectivity index (χ2n) is 7.37. The zero-order valence-corrected chi connectivity index (χ0v) is 14.4. The van der Waals surface area contributed by atoms with Crippen molar-refractivity contribution in [2.75, 3.05) is 0 Å². The van der Waals surface area contributed by atoms with Crippen LogP contribution in [0.15, 0.2) is 72.9 Å². The van der Waals surface area contributed by atoms with E-state index < -0.39 is 0 Å². The SMILES string of the molecule is CC(C)(C)c1ccc2c(ccc3c(-c4ccccc4)nccc32)c1. The Labute approximate surface area is 143 Å². The van der Waals surface area contributed by atoms with Crippen LogP contribution in [0.1, 0.15) is 26.3 Å². The molecule has 0 spiro atoms. The highest BCUT2D eigenvalue weighted by Gasteiger charge is 2.15. The third-order valence-corrected chi connectivity index (χ3v) is 4.67. The van der Waals surface area contributed by atoms with Crippen molar-refractivity contribution in [1.29, 1.82) is 0 Å². The number of pyridine rings is 1. The standard InChI is InChI=1S/C23H21N/c1-23(2,3)18-10-12-19-17(15-18)9-11-21-20(19)13-14-24-22(21)16-7-5-4-6-8-16/h4-15H,1-3H3. The highest BCUT2D eigenvalue weighted by atomic mass is 14.7. The highest BCUT2D eigenvalue weighted by molar-refractivity contribution is 6.11. The molecule has 0 N–H and O–H groups in total. The molecule has 1 nitrogen and oxygen atoms in total. The first-order chi connectivity index (χ1) is 11.5. The van der Waals surface area contributed by atoms with Gasteiger partial charge in [-0.2, -0.15) is 0 Å². The molecule has 0 radical (unpaired) electrons. The van der Waals surface area contributed by atoms with E-state index >= 15 is 0 Å². The van der Waals surface area contributed by atoms with Gasteiger partial charge in [-0.15, -0.1) is 0 Å². The van der Waals surface area contributed by atoms with E-state index in [0.717, 1.165) is 11.3 Å². The van der Waals surface area contributed by atoms with Crippen LogP contribution in [-0.4, -0.2) is 4.98 Å². The van der Waals surface area contributed by atoms with Crippen molar-refractivity contribution in [2.24, 2.45) is 0 Å². The molecule has 0 bridgehead atoms. The quantitative estimate of drug-likeness (QED) is 0.373. The van der Waals surface area contributed by atoms with Gasteiger partial charge in [0.1, 0.15) is 0 Å². The number of hydrogen-bond acceptors (Lipinski definition) is 1. The van der Waals surface area contributed by atoms with Gasteiger partial charge in [0.05, 0.1) is 5.69 Å². The molecule has 0 aliphatic carbocycles. The van der Waals surface area contributed by atoms with Crippen LogP contribution in [0.5, 0.6) is 0 Å². The van der Waals surface area contributed by atoms with Gasteiger partial charge in [-0.05, 0) is 33.2 Å². The van der Waals surface area contributed by atoms with Crippen LogP contribution in [0.25, 0.3) is 32.8 Å². The Hall–Kier alpha value is -2.67. The van der Waals surface area contributed by atoms with E-state index in [9.17, 15) is 0 Å². The van der Waals surface area contributed by atoms with Gasteiger partial charge in [-0.3, -0.25) is 4.98 Å². The molecule has 1 heteroatoms. The van der Waals surface area contributed by atoms with E-state index in [1.54, 1.807) is 0 Å². The fourth-order valence-electron chi connectivity index (χ4n) is 3.29. The lowest BCUT2D eigenvalue weighted by atomic mass is 9.85. The van der Waals surface area contributed by atoms with Crippen molar-refractivity contribution in [3.05, 3.63) is 78.5 Å². The van der Waals surface area contributed by atoms with Crippen molar-refractivity contribution in [2.45, 2.75) is 26.2 Å². The Balaban J connectivity index is 2.00. The summed E-state index contributed by atoms with van der Waals surface area (Å²) in [6.07, 6.45) is 1.92. The summed E-state index contributed by atoms with van der Waals surface area (Å²) in [7, 11) is 0. The average molecular weight is 311 g/mol. The largest absolute Gasteiger partial charge is 0.256 e. The molecule has 1 aromatic heterocycles. The molecule has 0 saturated heterocycles. The molecule has 24 heavy (non-hydrogen) atoms. The van der Waals surface area contributed by atoms with Gasteiger partial charge in [-0.25, -0.2) is 0 Å². The molecular weight excluding hydrogens is 290 g/mol. The van der Waals surface area contributed by atoms with Crippen LogP contribution in [-0.2, 0) is 5.41 Å². The normalized spacial score (nSPS) is 12.0. The Morgan fingerprint density at radius 1 is 0.708 bits per heavy atom. The van der Waals surface area contributed by atoms with Gasteiger partial charge in [-0.1, -0.05) is 81.4 Å². The lowest BCUT2D eigenvalue weighted by molar-refractivity contribution is 0.591. The third-order valence-electron chi connectivity index (χ3n) is 4.67. The fraction of sp³-hybridized carbons (Fsp3) is 0.174. The molecule has 118 valence electrons. The van der Waals surface area contributed by atoms with E-state index in [-0.39, 0.29) is 5.41 Å². The average Bonchev–Trinajstić information content (AvgIpc) is 2.60. The maximum Gasteiger partial charge on any atom is 0.0780 e. The van der Waals surface area contributed by atoms with Gasteiger partial charge < -0.3 is 0 Å². The Bertz CT molecular complexity index is 1020. The van der Waals surface area contributed by atoms with Gasteiger partial charge in [0, 0.05) is 17.1 Å². The molecule has 0 fully saturated rings. The molecule has 0 saturated carbocycles. The topological polar surface area (TPSA) is 12.9 Å². The molecule has 1 heterocycles. The van der Waals surface area contributed by atoms with E-state index in [1.165, 1.54) is 27.1 Å². The fourth-order valence-corrected chi connectivity index (χ4v) is 3.29. The monoisotopic (exact) mass is 311 g/mol. The van der Waals surface area contributed by atoms with E-state index in [1.807, 2.05) is 12.3 Å². The maximum absolute atomic E-state index is 4.64. The second kappa shape index (κ2) is 5.45. The summed E-state index contributed by atoms with van der Waals surface area (Å²) in [6.45, 7) is 6.77.